The fourth-order valence-corrected chi connectivity index (χ4v) is 3.39. The molecule has 2 aliphatic rings. The van der Waals surface area contributed by atoms with E-state index in [0.29, 0.717) is 31.6 Å². The van der Waals surface area contributed by atoms with Crippen LogP contribution in [0.2, 0.25) is 0 Å². The maximum atomic E-state index is 14.4. The Kier molecular flexibility index (Phi) is 4.04. The first-order chi connectivity index (χ1) is 10.9. The second-order valence-electron chi connectivity index (χ2n) is 6.39. The number of benzene rings is 1. The average molecular weight is 325 g/mol. The SMILES string of the molecule is COc1ccc(C2CCCN2C(=O)C(F)(F)C2(O)CCC2)cc1. The highest BCUT2D eigenvalue weighted by atomic mass is 19.3. The highest BCUT2D eigenvalue weighted by Gasteiger charge is 2.63. The van der Waals surface area contributed by atoms with Crippen LogP contribution in [0, 0.1) is 0 Å². The summed E-state index contributed by atoms with van der Waals surface area (Å²) in [6, 6.07) is 6.74. The highest BCUT2D eigenvalue weighted by Crippen LogP contribution is 2.47. The number of aliphatic hydroxyl groups is 1. The molecule has 1 aliphatic carbocycles. The molecule has 1 saturated carbocycles. The topological polar surface area (TPSA) is 49.8 Å². The summed E-state index contributed by atoms with van der Waals surface area (Å²) in [5.74, 6) is -4.29. The van der Waals surface area contributed by atoms with Gasteiger partial charge in [-0.1, -0.05) is 12.1 Å². The fourth-order valence-electron chi connectivity index (χ4n) is 3.39. The number of carbonyl (C=O) groups excluding carboxylic acids is 1. The molecule has 3 rings (SSSR count). The molecule has 0 bridgehead atoms. The van der Waals surface area contributed by atoms with Crippen LogP contribution in [0.25, 0.3) is 0 Å². The first kappa shape index (κ1) is 16.2. The molecule has 1 aromatic carbocycles. The molecule has 1 saturated heterocycles. The minimum Gasteiger partial charge on any atom is -0.497 e. The van der Waals surface area contributed by atoms with Gasteiger partial charge in [0.25, 0.3) is 5.91 Å². The van der Waals surface area contributed by atoms with Crippen molar-refractivity contribution in [2.45, 2.75) is 49.7 Å². The number of rotatable bonds is 4. The highest BCUT2D eigenvalue weighted by molar-refractivity contribution is 5.86. The van der Waals surface area contributed by atoms with E-state index in [2.05, 4.69) is 0 Å². The standard InChI is InChI=1S/C17H21F2NO3/c1-23-13-7-5-12(6-8-13)14-4-2-11-20(14)15(21)17(18,19)16(22)9-3-10-16/h5-8,14,22H,2-4,9-11H2,1H3. The van der Waals surface area contributed by atoms with E-state index in [0.717, 1.165) is 5.56 Å². The Morgan fingerprint density at radius 2 is 1.96 bits per heavy atom. The van der Waals surface area contributed by atoms with Crippen molar-refractivity contribution in [1.29, 1.82) is 0 Å². The van der Waals surface area contributed by atoms with Gasteiger partial charge < -0.3 is 14.7 Å². The molecule has 1 heterocycles. The van der Waals surface area contributed by atoms with Crippen molar-refractivity contribution in [3.05, 3.63) is 29.8 Å². The molecule has 0 aromatic heterocycles. The lowest BCUT2D eigenvalue weighted by Gasteiger charge is -2.43. The van der Waals surface area contributed by atoms with Crippen molar-refractivity contribution in [1.82, 2.24) is 4.90 Å². The smallest absolute Gasteiger partial charge is 0.352 e. The normalized spacial score (nSPS) is 23.5. The van der Waals surface area contributed by atoms with Gasteiger partial charge in [-0.2, -0.15) is 8.78 Å². The Balaban J connectivity index is 1.81. The summed E-state index contributed by atoms with van der Waals surface area (Å²) < 4.78 is 34.0. The number of methoxy groups -OCH3 is 1. The molecule has 1 N–H and O–H groups in total. The molecule has 23 heavy (non-hydrogen) atoms. The molecular formula is C17H21F2NO3. The van der Waals surface area contributed by atoms with Gasteiger partial charge in [0.1, 0.15) is 11.4 Å². The summed E-state index contributed by atoms with van der Waals surface area (Å²) in [7, 11) is 1.56. The number of alkyl halides is 2. The quantitative estimate of drug-likeness (QED) is 0.926. The Labute approximate surface area is 134 Å². The first-order valence-corrected chi connectivity index (χ1v) is 7.94. The predicted octanol–water partition coefficient (Wildman–Crippen LogP) is 2.91. The van der Waals surface area contributed by atoms with Crippen LogP contribution in [-0.2, 0) is 4.79 Å². The van der Waals surface area contributed by atoms with Crippen LogP contribution < -0.4 is 4.74 Å². The summed E-state index contributed by atoms with van der Waals surface area (Å²) >= 11 is 0. The van der Waals surface area contributed by atoms with Gasteiger partial charge in [0.05, 0.1) is 13.2 Å². The third-order valence-corrected chi connectivity index (χ3v) is 5.05. The first-order valence-electron chi connectivity index (χ1n) is 7.94. The number of carbonyl (C=O) groups is 1. The van der Waals surface area contributed by atoms with Crippen molar-refractivity contribution < 1.29 is 23.4 Å². The van der Waals surface area contributed by atoms with Crippen LogP contribution in [0.4, 0.5) is 8.78 Å². The molecular weight excluding hydrogens is 304 g/mol. The summed E-state index contributed by atoms with van der Waals surface area (Å²) in [6.07, 6.45) is 1.81. The monoisotopic (exact) mass is 325 g/mol. The van der Waals surface area contributed by atoms with Crippen LogP contribution in [0.3, 0.4) is 0 Å². The minimum atomic E-state index is -3.72. The lowest BCUT2D eigenvalue weighted by Crippen LogP contribution is -2.61. The molecule has 1 amide bonds. The van der Waals surface area contributed by atoms with Gasteiger partial charge in [0.15, 0.2) is 0 Å². The van der Waals surface area contributed by atoms with Crippen molar-refractivity contribution in [2.24, 2.45) is 0 Å². The van der Waals surface area contributed by atoms with Crippen LogP contribution in [0.1, 0.15) is 43.7 Å². The van der Waals surface area contributed by atoms with Gasteiger partial charge in [-0.3, -0.25) is 4.79 Å². The van der Waals surface area contributed by atoms with Gasteiger partial charge >= 0.3 is 5.92 Å². The van der Waals surface area contributed by atoms with Gasteiger partial charge in [-0.05, 0) is 49.8 Å². The van der Waals surface area contributed by atoms with Gasteiger partial charge in [0.2, 0.25) is 0 Å². The molecule has 126 valence electrons. The van der Waals surface area contributed by atoms with Gasteiger partial charge in [-0.25, -0.2) is 0 Å². The predicted molar refractivity (Wildman–Crippen MR) is 80.4 cm³/mol. The summed E-state index contributed by atoms with van der Waals surface area (Å²) in [5.41, 5.74) is -1.36. The van der Waals surface area contributed by atoms with E-state index in [1.165, 1.54) is 4.90 Å². The summed E-state index contributed by atoms with van der Waals surface area (Å²) in [4.78, 5) is 13.6. The third kappa shape index (κ3) is 2.59. The Hall–Kier alpha value is -1.69. The number of nitrogens with zero attached hydrogens (tertiary/aromatic N) is 1. The fraction of sp³-hybridized carbons (Fsp3) is 0.588. The number of ether oxygens (including phenoxy) is 1. The molecule has 0 radical (unpaired) electrons. The molecule has 6 heteroatoms. The molecule has 0 spiro atoms. The second kappa shape index (κ2) is 5.74. The van der Waals surface area contributed by atoms with Gasteiger partial charge in [0, 0.05) is 6.54 Å². The number of hydrogen-bond acceptors (Lipinski definition) is 3. The average Bonchev–Trinajstić information content (AvgIpc) is 3.01. The largest absolute Gasteiger partial charge is 0.497 e. The molecule has 4 nitrogen and oxygen atoms in total. The molecule has 1 atom stereocenters. The number of hydrogen-bond donors (Lipinski definition) is 1. The van der Waals surface area contributed by atoms with Crippen molar-refractivity contribution in [3.8, 4) is 5.75 Å². The van der Waals surface area contributed by atoms with Crippen molar-refractivity contribution in [3.63, 3.8) is 0 Å². The van der Waals surface area contributed by atoms with E-state index in [1.54, 1.807) is 31.4 Å². The van der Waals surface area contributed by atoms with Crippen molar-refractivity contribution in [2.75, 3.05) is 13.7 Å². The van der Waals surface area contributed by atoms with E-state index < -0.39 is 17.4 Å². The van der Waals surface area contributed by atoms with E-state index in [4.69, 9.17) is 4.74 Å². The minimum absolute atomic E-state index is 0.0210. The Morgan fingerprint density at radius 3 is 2.48 bits per heavy atom. The molecule has 2 fully saturated rings. The summed E-state index contributed by atoms with van der Waals surface area (Å²) in [6.45, 7) is 0.293. The Bertz CT molecular complexity index is 584. The lowest BCUT2D eigenvalue weighted by molar-refractivity contribution is -0.224. The zero-order chi connectivity index (χ0) is 16.7. The van der Waals surface area contributed by atoms with E-state index in [1.807, 2.05) is 0 Å². The van der Waals surface area contributed by atoms with E-state index in [9.17, 15) is 18.7 Å². The van der Waals surface area contributed by atoms with Crippen LogP contribution in [0.15, 0.2) is 24.3 Å². The molecule has 1 aliphatic heterocycles. The maximum Gasteiger partial charge on any atom is 0.352 e. The summed E-state index contributed by atoms with van der Waals surface area (Å²) in [5, 5.41) is 9.98. The Morgan fingerprint density at radius 1 is 1.30 bits per heavy atom. The second-order valence-corrected chi connectivity index (χ2v) is 6.39. The van der Waals surface area contributed by atoms with Crippen LogP contribution in [0.5, 0.6) is 5.75 Å². The van der Waals surface area contributed by atoms with E-state index in [-0.39, 0.29) is 18.9 Å². The maximum absolute atomic E-state index is 14.4. The number of likely N-dealkylation sites (tertiary alicyclic amines) is 1. The van der Waals surface area contributed by atoms with E-state index >= 15 is 0 Å². The van der Waals surface area contributed by atoms with Crippen molar-refractivity contribution >= 4 is 5.91 Å². The third-order valence-electron chi connectivity index (χ3n) is 5.05. The molecule has 1 aromatic rings. The van der Waals surface area contributed by atoms with Gasteiger partial charge in [-0.15, -0.1) is 0 Å². The van der Waals surface area contributed by atoms with Crippen LogP contribution >= 0.6 is 0 Å². The lowest BCUT2D eigenvalue weighted by atomic mass is 9.75. The zero-order valence-electron chi connectivity index (χ0n) is 13.1. The number of amides is 1. The number of halogens is 2. The zero-order valence-corrected chi connectivity index (χ0v) is 13.1. The molecule has 1 unspecified atom stereocenters. The van der Waals surface area contributed by atoms with Crippen LogP contribution in [-0.4, -0.2) is 41.1 Å².